The fourth-order valence-corrected chi connectivity index (χ4v) is 1.87. The summed E-state index contributed by atoms with van der Waals surface area (Å²) in [4.78, 5) is 25.4. The maximum Gasteiger partial charge on any atom is 0.318 e. The molecule has 0 saturated heterocycles. The van der Waals surface area contributed by atoms with Gasteiger partial charge in [0.05, 0.1) is 0 Å². The molecule has 0 atom stereocenters. The highest BCUT2D eigenvalue weighted by molar-refractivity contribution is 5.95. The molecule has 21 heavy (non-hydrogen) atoms. The number of carbonyl (C=O) groups excluding carboxylic acids is 2. The van der Waals surface area contributed by atoms with Crippen LogP contribution in [-0.2, 0) is 0 Å². The molecular formula is C15H24N4O2. The number of urea groups is 1. The van der Waals surface area contributed by atoms with E-state index in [0.717, 1.165) is 19.6 Å². The third kappa shape index (κ3) is 5.83. The summed E-state index contributed by atoms with van der Waals surface area (Å²) in [5.74, 6) is -0.103. The molecule has 0 spiro atoms. The number of anilines is 1. The van der Waals surface area contributed by atoms with E-state index < -0.39 is 0 Å². The SMILES string of the molecule is CCN(CC)CCNC(=O)c1ccc(NC(=O)NC)cc1. The first-order chi connectivity index (χ1) is 10.1. The van der Waals surface area contributed by atoms with E-state index in [-0.39, 0.29) is 11.9 Å². The minimum atomic E-state index is -0.286. The molecule has 0 heterocycles. The lowest BCUT2D eigenvalue weighted by atomic mass is 10.2. The number of likely N-dealkylation sites (N-methyl/N-ethyl adjacent to an activating group) is 1. The van der Waals surface area contributed by atoms with Gasteiger partial charge in [0, 0.05) is 31.4 Å². The summed E-state index contributed by atoms with van der Waals surface area (Å²) >= 11 is 0. The average Bonchev–Trinajstić information content (AvgIpc) is 2.52. The average molecular weight is 292 g/mol. The molecular weight excluding hydrogens is 268 g/mol. The second kappa shape index (κ2) is 8.97. The molecule has 0 aliphatic heterocycles. The summed E-state index contributed by atoms with van der Waals surface area (Å²) < 4.78 is 0. The van der Waals surface area contributed by atoms with E-state index in [1.807, 2.05) is 0 Å². The molecule has 0 aliphatic carbocycles. The van der Waals surface area contributed by atoms with Crippen LogP contribution in [0.5, 0.6) is 0 Å². The van der Waals surface area contributed by atoms with Gasteiger partial charge in [-0.3, -0.25) is 4.79 Å². The smallest absolute Gasteiger partial charge is 0.318 e. The van der Waals surface area contributed by atoms with E-state index in [1.165, 1.54) is 0 Å². The summed E-state index contributed by atoms with van der Waals surface area (Å²) in [6.07, 6.45) is 0. The molecule has 1 aromatic carbocycles. The highest BCUT2D eigenvalue weighted by atomic mass is 16.2. The van der Waals surface area contributed by atoms with Crippen molar-refractivity contribution in [2.24, 2.45) is 0 Å². The van der Waals surface area contributed by atoms with Gasteiger partial charge in [0.25, 0.3) is 5.91 Å². The van der Waals surface area contributed by atoms with Crippen LogP contribution in [0, 0.1) is 0 Å². The van der Waals surface area contributed by atoms with Crippen molar-refractivity contribution in [3.63, 3.8) is 0 Å². The number of benzene rings is 1. The highest BCUT2D eigenvalue weighted by Crippen LogP contribution is 2.09. The minimum absolute atomic E-state index is 0.103. The molecule has 6 nitrogen and oxygen atoms in total. The van der Waals surface area contributed by atoms with Gasteiger partial charge in [0.15, 0.2) is 0 Å². The minimum Gasteiger partial charge on any atom is -0.351 e. The predicted molar refractivity (Wildman–Crippen MR) is 84.6 cm³/mol. The van der Waals surface area contributed by atoms with Gasteiger partial charge in [-0.2, -0.15) is 0 Å². The molecule has 1 rings (SSSR count). The van der Waals surface area contributed by atoms with E-state index in [4.69, 9.17) is 0 Å². The van der Waals surface area contributed by atoms with E-state index in [9.17, 15) is 9.59 Å². The van der Waals surface area contributed by atoms with Crippen LogP contribution in [0.15, 0.2) is 24.3 Å². The first kappa shape index (κ1) is 17.0. The normalized spacial score (nSPS) is 10.3. The van der Waals surface area contributed by atoms with Crippen LogP contribution >= 0.6 is 0 Å². The molecule has 3 amide bonds. The van der Waals surface area contributed by atoms with Gasteiger partial charge in [-0.05, 0) is 37.4 Å². The first-order valence-corrected chi connectivity index (χ1v) is 7.20. The van der Waals surface area contributed by atoms with E-state index >= 15 is 0 Å². The number of hydrogen-bond donors (Lipinski definition) is 3. The zero-order valence-electron chi connectivity index (χ0n) is 12.9. The zero-order valence-corrected chi connectivity index (χ0v) is 12.9. The van der Waals surface area contributed by atoms with Crippen molar-refractivity contribution in [3.05, 3.63) is 29.8 Å². The highest BCUT2D eigenvalue weighted by Gasteiger charge is 2.06. The maximum absolute atomic E-state index is 12.0. The van der Waals surface area contributed by atoms with Gasteiger partial charge in [0.1, 0.15) is 0 Å². The second-order valence-electron chi connectivity index (χ2n) is 4.56. The van der Waals surface area contributed by atoms with Crippen molar-refractivity contribution in [2.75, 3.05) is 38.5 Å². The molecule has 0 aliphatic rings. The Morgan fingerprint density at radius 1 is 1.10 bits per heavy atom. The third-order valence-corrected chi connectivity index (χ3v) is 3.24. The van der Waals surface area contributed by atoms with Gasteiger partial charge in [0.2, 0.25) is 0 Å². The number of nitrogens with one attached hydrogen (secondary N) is 3. The lowest BCUT2D eigenvalue weighted by molar-refractivity contribution is 0.0949. The monoisotopic (exact) mass is 292 g/mol. The van der Waals surface area contributed by atoms with Crippen LogP contribution in [0.1, 0.15) is 24.2 Å². The van der Waals surface area contributed by atoms with E-state index in [0.29, 0.717) is 17.8 Å². The van der Waals surface area contributed by atoms with Crippen LogP contribution in [0.3, 0.4) is 0 Å². The van der Waals surface area contributed by atoms with Crippen molar-refractivity contribution in [1.82, 2.24) is 15.5 Å². The Bertz CT molecular complexity index is 455. The Morgan fingerprint density at radius 2 is 1.71 bits per heavy atom. The lowest BCUT2D eigenvalue weighted by Gasteiger charge is -2.17. The fraction of sp³-hybridized carbons (Fsp3) is 0.467. The molecule has 0 saturated carbocycles. The van der Waals surface area contributed by atoms with Gasteiger partial charge in [-0.25, -0.2) is 4.79 Å². The Balaban J connectivity index is 2.46. The lowest BCUT2D eigenvalue weighted by Crippen LogP contribution is -2.34. The maximum atomic E-state index is 12.0. The summed E-state index contributed by atoms with van der Waals surface area (Å²) in [5.41, 5.74) is 1.23. The standard InChI is InChI=1S/C15H24N4O2/c1-4-19(5-2)11-10-17-14(20)12-6-8-13(9-7-12)18-15(21)16-3/h6-9H,4-5,10-11H2,1-3H3,(H,17,20)(H2,16,18,21). The molecule has 1 aromatic rings. The third-order valence-electron chi connectivity index (χ3n) is 3.24. The number of rotatable bonds is 7. The van der Waals surface area contributed by atoms with Gasteiger partial charge in [-0.1, -0.05) is 13.8 Å². The molecule has 0 unspecified atom stereocenters. The fourth-order valence-electron chi connectivity index (χ4n) is 1.87. The molecule has 0 fully saturated rings. The molecule has 3 N–H and O–H groups in total. The molecule has 0 bridgehead atoms. The van der Waals surface area contributed by atoms with Crippen molar-refractivity contribution < 1.29 is 9.59 Å². The number of amides is 3. The predicted octanol–water partition coefficient (Wildman–Crippen LogP) is 1.51. The van der Waals surface area contributed by atoms with Gasteiger partial charge < -0.3 is 20.9 Å². The van der Waals surface area contributed by atoms with Gasteiger partial charge in [-0.15, -0.1) is 0 Å². The summed E-state index contributed by atoms with van der Waals surface area (Å²) in [6.45, 7) is 7.62. The van der Waals surface area contributed by atoms with Crippen molar-refractivity contribution in [2.45, 2.75) is 13.8 Å². The van der Waals surface area contributed by atoms with Crippen molar-refractivity contribution >= 4 is 17.6 Å². The van der Waals surface area contributed by atoms with Crippen LogP contribution in [0.4, 0.5) is 10.5 Å². The Kier molecular flexibility index (Phi) is 7.25. The van der Waals surface area contributed by atoms with Crippen LogP contribution in [-0.4, -0.2) is 50.1 Å². The quantitative estimate of drug-likeness (QED) is 0.713. The van der Waals surface area contributed by atoms with Crippen LogP contribution in [0.2, 0.25) is 0 Å². The number of carbonyl (C=O) groups is 2. The number of hydrogen-bond acceptors (Lipinski definition) is 3. The molecule has 0 aromatic heterocycles. The van der Waals surface area contributed by atoms with Crippen LogP contribution in [0.25, 0.3) is 0 Å². The number of nitrogens with zero attached hydrogens (tertiary/aromatic N) is 1. The molecule has 0 radical (unpaired) electrons. The first-order valence-electron chi connectivity index (χ1n) is 7.20. The molecule has 116 valence electrons. The van der Waals surface area contributed by atoms with E-state index in [1.54, 1.807) is 31.3 Å². The summed E-state index contributed by atoms with van der Waals surface area (Å²) in [6, 6.07) is 6.51. The van der Waals surface area contributed by atoms with Crippen molar-refractivity contribution in [3.8, 4) is 0 Å². The van der Waals surface area contributed by atoms with Crippen LogP contribution < -0.4 is 16.0 Å². The Hall–Kier alpha value is -2.08. The molecule has 6 heteroatoms. The largest absolute Gasteiger partial charge is 0.351 e. The second-order valence-corrected chi connectivity index (χ2v) is 4.56. The Morgan fingerprint density at radius 3 is 2.24 bits per heavy atom. The van der Waals surface area contributed by atoms with Gasteiger partial charge >= 0.3 is 6.03 Å². The van der Waals surface area contributed by atoms with Crippen molar-refractivity contribution in [1.29, 1.82) is 0 Å². The topological polar surface area (TPSA) is 73.5 Å². The zero-order chi connectivity index (χ0) is 15.7. The van der Waals surface area contributed by atoms with E-state index in [2.05, 4.69) is 34.7 Å². The summed E-state index contributed by atoms with van der Waals surface area (Å²) in [5, 5.41) is 8.00. The Labute approximate surface area is 125 Å². The summed E-state index contributed by atoms with van der Waals surface area (Å²) in [7, 11) is 1.55.